The van der Waals surface area contributed by atoms with E-state index >= 15 is 0 Å². The van der Waals surface area contributed by atoms with Crippen molar-refractivity contribution in [3.05, 3.63) is 47.9 Å². The van der Waals surface area contributed by atoms with Crippen LogP contribution in [0.5, 0.6) is 5.75 Å². The van der Waals surface area contributed by atoms with E-state index in [0.717, 1.165) is 0 Å². The Morgan fingerprint density at radius 3 is 2.84 bits per heavy atom. The Labute approximate surface area is 115 Å². The molecular weight excluding hydrogens is 265 g/mol. The molecule has 1 aromatic carbocycles. The molecular formula is C13H12FN3OS. The number of nitrogens with one attached hydrogen (secondary N) is 1. The third-order valence-electron chi connectivity index (χ3n) is 2.48. The second-order valence-electron chi connectivity index (χ2n) is 3.76. The number of pyridine rings is 1. The van der Waals surface area contributed by atoms with E-state index in [1.165, 1.54) is 13.2 Å². The number of rotatable bonds is 4. The quantitative estimate of drug-likeness (QED) is 0.841. The Bertz CT molecular complexity index is 619. The van der Waals surface area contributed by atoms with Crippen molar-refractivity contribution in [1.29, 1.82) is 0 Å². The van der Waals surface area contributed by atoms with Crippen LogP contribution in [0.15, 0.2) is 36.5 Å². The molecule has 0 saturated carbocycles. The number of anilines is 2. The summed E-state index contributed by atoms with van der Waals surface area (Å²) in [5.74, 6) is 0.607. The van der Waals surface area contributed by atoms with Crippen LogP contribution in [0.4, 0.5) is 15.9 Å². The predicted octanol–water partition coefficient (Wildman–Crippen LogP) is 2.61. The highest BCUT2D eigenvalue weighted by Crippen LogP contribution is 2.24. The van der Waals surface area contributed by atoms with Gasteiger partial charge in [0.1, 0.15) is 22.4 Å². The van der Waals surface area contributed by atoms with Gasteiger partial charge in [0, 0.05) is 17.8 Å². The topological polar surface area (TPSA) is 60.2 Å². The molecule has 0 spiro atoms. The van der Waals surface area contributed by atoms with Gasteiger partial charge in [0.25, 0.3) is 0 Å². The molecule has 0 fully saturated rings. The van der Waals surface area contributed by atoms with Crippen LogP contribution in [0, 0.1) is 5.82 Å². The Morgan fingerprint density at radius 1 is 1.37 bits per heavy atom. The van der Waals surface area contributed by atoms with E-state index in [2.05, 4.69) is 10.3 Å². The molecule has 0 aliphatic carbocycles. The fourth-order valence-electron chi connectivity index (χ4n) is 1.52. The third kappa shape index (κ3) is 3.17. The number of hydrogen-bond donors (Lipinski definition) is 2. The molecule has 0 aliphatic heterocycles. The van der Waals surface area contributed by atoms with Gasteiger partial charge in [0.15, 0.2) is 0 Å². The number of aromatic nitrogens is 1. The van der Waals surface area contributed by atoms with E-state index in [1.54, 1.807) is 30.5 Å². The highest BCUT2D eigenvalue weighted by Gasteiger charge is 2.06. The van der Waals surface area contributed by atoms with Gasteiger partial charge in [-0.25, -0.2) is 9.37 Å². The van der Waals surface area contributed by atoms with Crippen LogP contribution in [-0.4, -0.2) is 17.1 Å². The minimum atomic E-state index is -0.400. The first kappa shape index (κ1) is 13.2. The van der Waals surface area contributed by atoms with Crippen LogP contribution < -0.4 is 15.8 Å². The van der Waals surface area contributed by atoms with E-state index in [1.807, 2.05) is 0 Å². The second-order valence-corrected chi connectivity index (χ2v) is 4.20. The lowest BCUT2D eigenvalue weighted by Gasteiger charge is -2.09. The molecule has 1 heterocycles. The maximum absolute atomic E-state index is 13.7. The largest absolute Gasteiger partial charge is 0.497 e. The van der Waals surface area contributed by atoms with Gasteiger partial charge in [-0.15, -0.1) is 0 Å². The van der Waals surface area contributed by atoms with Crippen LogP contribution in [0.3, 0.4) is 0 Å². The normalized spacial score (nSPS) is 10.0. The number of hydrogen-bond acceptors (Lipinski definition) is 4. The molecule has 6 heteroatoms. The Morgan fingerprint density at radius 2 is 2.16 bits per heavy atom. The van der Waals surface area contributed by atoms with Gasteiger partial charge < -0.3 is 15.8 Å². The second kappa shape index (κ2) is 5.62. The number of methoxy groups -OCH3 is 1. The number of thiocarbonyl (C=S) groups is 1. The van der Waals surface area contributed by atoms with Gasteiger partial charge in [-0.2, -0.15) is 0 Å². The summed E-state index contributed by atoms with van der Waals surface area (Å²) in [5.41, 5.74) is 6.47. The minimum absolute atomic E-state index is 0.261. The SMILES string of the molecule is COc1ccc(F)c(Nc2cc(C(N)=S)ccn2)c1. The summed E-state index contributed by atoms with van der Waals surface area (Å²) >= 11 is 4.88. The van der Waals surface area contributed by atoms with Crippen molar-refractivity contribution in [2.24, 2.45) is 5.73 Å². The molecule has 0 saturated heterocycles. The average molecular weight is 277 g/mol. The number of ether oxygens (including phenoxy) is 1. The lowest BCUT2D eigenvalue weighted by Crippen LogP contribution is -2.10. The summed E-state index contributed by atoms with van der Waals surface area (Å²) in [6.07, 6.45) is 1.55. The predicted molar refractivity (Wildman–Crippen MR) is 76.4 cm³/mol. The maximum Gasteiger partial charge on any atom is 0.146 e. The highest BCUT2D eigenvalue weighted by atomic mass is 32.1. The van der Waals surface area contributed by atoms with Gasteiger partial charge in [0.2, 0.25) is 0 Å². The third-order valence-corrected chi connectivity index (χ3v) is 2.72. The number of halogens is 1. The van der Waals surface area contributed by atoms with Gasteiger partial charge in [-0.05, 0) is 24.3 Å². The Balaban J connectivity index is 2.30. The zero-order valence-electron chi connectivity index (χ0n) is 10.2. The van der Waals surface area contributed by atoms with Gasteiger partial charge in [-0.1, -0.05) is 12.2 Å². The van der Waals surface area contributed by atoms with Crippen molar-refractivity contribution in [3.8, 4) is 5.75 Å². The summed E-state index contributed by atoms with van der Waals surface area (Å²) in [7, 11) is 1.52. The van der Waals surface area contributed by atoms with Gasteiger partial charge >= 0.3 is 0 Å². The Hall–Kier alpha value is -2.21. The monoisotopic (exact) mass is 277 g/mol. The van der Waals surface area contributed by atoms with E-state index in [9.17, 15) is 4.39 Å². The molecule has 1 aromatic heterocycles. The van der Waals surface area contributed by atoms with Gasteiger partial charge in [-0.3, -0.25) is 0 Å². The number of nitrogens with two attached hydrogens (primary N) is 1. The molecule has 98 valence electrons. The van der Waals surface area contributed by atoms with Crippen molar-refractivity contribution in [2.75, 3.05) is 12.4 Å². The highest BCUT2D eigenvalue weighted by molar-refractivity contribution is 7.80. The van der Waals surface area contributed by atoms with Gasteiger partial charge in [0.05, 0.1) is 12.8 Å². The number of nitrogens with zero attached hydrogens (tertiary/aromatic N) is 1. The van der Waals surface area contributed by atoms with Crippen LogP contribution in [0.25, 0.3) is 0 Å². The summed E-state index contributed by atoms with van der Waals surface area (Å²) in [4.78, 5) is 4.34. The van der Waals surface area contributed by atoms with Crippen molar-refractivity contribution >= 4 is 28.7 Å². The van der Waals surface area contributed by atoms with Crippen molar-refractivity contribution in [1.82, 2.24) is 4.98 Å². The van der Waals surface area contributed by atoms with E-state index in [-0.39, 0.29) is 10.7 Å². The molecule has 4 nitrogen and oxygen atoms in total. The van der Waals surface area contributed by atoms with Crippen LogP contribution in [-0.2, 0) is 0 Å². The van der Waals surface area contributed by atoms with Crippen LogP contribution in [0.2, 0.25) is 0 Å². The zero-order valence-corrected chi connectivity index (χ0v) is 11.0. The summed E-state index contributed by atoms with van der Waals surface area (Å²) in [5, 5.41) is 2.86. The fraction of sp³-hybridized carbons (Fsp3) is 0.0769. The lowest BCUT2D eigenvalue weighted by atomic mass is 10.2. The summed E-state index contributed by atoms with van der Waals surface area (Å²) in [6.45, 7) is 0. The Kier molecular flexibility index (Phi) is 3.91. The zero-order chi connectivity index (χ0) is 13.8. The van der Waals surface area contributed by atoms with Crippen molar-refractivity contribution in [3.63, 3.8) is 0 Å². The van der Waals surface area contributed by atoms with E-state index in [0.29, 0.717) is 17.1 Å². The fourth-order valence-corrected chi connectivity index (χ4v) is 1.64. The molecule has 2 aromatic rings. The van der Waals surface area contributed by atoms with Crippen LogP contribution >= 0.6 is 12.2 Å². The molecule has 0 bridgehead atoms. The van der Waals surface area contributed by atoms with E-state index < -0.39 is 5.82 Å². The summed E-state index contributed by atoms with van der Waals surface area (Å²) < 4.78 is 18.7. The summed E-state index contributed by atoms with van der Waals surface area (Å²) in [6, 6.07) is 7.75. The average Bonchev–Trinajstić information content (AvgIpc) is 2.41. The van der Waals surface area contributed by atoms with Crippen molar-refractivity contribution < 1.29 is 9.13 Å². The lowest BCUT2D eigenvalue weighted by molar-refractivity contribution is 0.414. The molecule has 0 aliphatic rings. The first-order valence-corrected chi connectivity index (χ1v) is 5.87. The van der Waals surface area contributed by atoms with E-state index in [4.69, 9.17) is 22.7 Å². The smallest absolute Gasteiger partial charge is 0.146 e. The molecule has 2 rings (SSSR count). The first-order chi connectivity index (χ1) is 9.10. The molecule has 0 radical (unpaired) electrons. The molecule has 0 unspecified atom stereocenters. The molecule has 0 amide bonds. The molecule has 3 N–H and O–H groups in total. The maximum atomic E-state index is 13.7. The van der Waals surface area contributed by atoms with Crippen LogP contribution in [0.1, 0.15) is 5.56 Å². The minimum Gasteiger partial charge on any atom is -0.497 e. The molecule has 0 atom stereocenters. The first-order valence-electron chi connectivity index (χ1n) is 5.46. The standard InChI is InChI=1S/C13H12FN3OS/c1-18-9-2-3-10(14)11(7-9)17-12-6-8(13(15)19)4-5-16-12/h2-7H,1H3,(H2,15,19)(H,16,17). The number of benzene rings is 1. The molecule has 19 heavy (non-hydrogen) atoms. The van der Waals surface area contributed by atoms with Crippen molar-refractivity contribution in [2.45, 2.75) is 0 Å².